The molecule has 28 heavy (non-hydrogen) atoms. The van der Waals surface area contributed by atoms with Gasteiger partial charge in [-0.2, -0.15) is 18.3 Å². The first kappa shape index (κ1) is 19.4. The Morgan fingerprint density at radius 2 is 1.75 bits per heavy atom. The van der Waals surface area contributed by atoms with Crippen molar-refractivity contribution >= 4 is 22.4 Å². The molecule has 0 fully saturated rings. The zero-order chi connectivity index (χ0) is 20.3. The number of para-hydroxylation sites is 2. The number of ether oxygens (including phenoxy) is 1. The van der Waals surface area contributed by atoms with Gasteiger partial charge in [-0.3, -0.25) is 9.59 Å². The van der Waals surface area contributed by atoms with Crippen molar-refractivity contribution in [3.05, 3.63) is 64.6 Å². The SMILES string of the molecule is CCn1nc(C(=O)Nc2ccccc2OCC(F)(F)F)c2ccccc2c1=O. The number of aromatic nitrogens is 2. The van der Waals surface area contributed by atoms with Gasteiger partial charge in [-0.25, -0.2) is 4.68 Å². The first-order valence-corrected chi connectivity index (χ1v) is 8.40. The van der Waals surface area contributed by atoms with Crippen LogP contribution >= 0.6 is 0 Å². The molecule has 0 aliphatic rings. The van der Waals surface area contributed by atoms with Crippen LogP contribution in [0.25, 0.3) is 10.8 Å². The molecule has 0 spiro atoms. The molecule has 0 atom stereocenters. The number of carbonyl (C=O) groups is 1. The predicted molar refractivity (Wildman–Crippen MR) is 97.6 cm³/mol. The summed E-state index contributed by atoms with van der Waals surface area (Å²) in [6, 6.07) is 12.3. The van der Waals surface area contributed by atoms with Crippen molar-refractivity contribution in [3.63, 3.8) is 0 Å². The molecule has 1 N–H and O–H groups in total. The van der Waals surface area contributed by atoms with Gasteiger partial charge in [0.1, 0.15) is 5.75 Å². The second-order valence-corrected chi connectivity index (χ2v) is 5.87. The van der Waals surface area contributed by atoms with E-state index in [2.05, 4.69) is 10.4 Å². The van der Waals surface area contributed by atoms with Gasteiger partial charge in [-0.05, 0) is 25.1 Å². The second kappa shape index (κ2) is 7.71. The lowest BCUT2D eigenvalue weighted by atomic mass is 10.1. The molecule has 3 rings (SSSR count). The molecule has 9 heteroatoms. The van der Waals surface area contributed by atoms with E-state index in [-0.39, 0.29) is 29.2 Å². The third kappa shape index (κ3) is 4.13. The third-order valence-corrected chi connectivity index (χ3v) is 3.91. The van der Waals surface area contributed by atoms with Crippen molar-refractivity contribution in [2.45, 2.75) is 19.6 Å². The number of alkyl halides is 3. The van der Waals surface area contributed by atoms with Gasteiger partial charge in [0.05, 0.1) is 11.1 Å². The summed E-state index contributed by atoms with van der Waals surface area (Å²) in [5.74, 6) is -0.789. The average Bonchev–Trinajstić information content (AvgIpc) is 2.67. The maximum atomic E-state index is 12.8. The van der Waals surface area contributed by atoms with Crippen LogP contribution in [-0.2, 0) is 6.54 Å². The molecule has 1 amide bonds. The highest BCUT2D eigenvalue weighted by Gasteiger charge is 2.29. The number of fused-ring (bicyclic) bond motifs is 1. The van der Waals surface area contributed by atoms with Crippen LogP contribution in [0.2, 0.25) is 0 Å². The van der Waals surface area contributed by atoms with E-state index in [9.17, 15) is 22.8 Å². The lowest BCUT2D eigenvalue weighted by molar-refractivity contribution is -0.153. The van der Waals surface area contributed by atoms with E-state index < -0.39 is 18.7 Å². The molecule has 1 aromatic heterocycles. The number of amides is 1. The fraction of sp³-hybridized carbons (Fsp3) is 0.211. The minimum atomic E-state index is -4.51. The molecule has 0 bridgehead atoms. The van der Waals surface area contributed by atoms with Crippen molar-refractivity contribution < 1.29 is 22.7 Å². The predicted octanol–water partition coefficient (Wildman–Crippen LogP) is 3.61. The normalized spacial score (nSPS) is 11.4. The Kier molecular flexibility index (Phi) is 5.34. The minimum Gasteiger partial charge on any atom is -0.482 e. The van der Waals surface area contributed by atoms with Gasteiger partial charge in [0, 0.05) is 11.9 Å². The van der Waals surface area contributed by atoms with Crippen molar-refractivity contribution in [1.82, 2.24) is 9.78 Å². The fourth-order valence-electron chi connectivity index (χ4n) is 2.65. The molecule has 0 unspecified atom stereocenters. The van der Waals surface area contributed by atoms with E-state index in [0.717, 1.165) is 4.68 Å². The standard InChI is InChI=1S/C19H16F3N3O3/c1-2-25-18(27)13-8-4-3-7-12(13)16(24-25)17(26)23-14-9-5-6-10-15(14)28-11-19(20,21)22/h3-10H,2,11H2,1H3,(H,23,26). The van der Waals surface area contributed by atoms with Gasteiger partial charge in [0.25, 0.3) is 11.5 Å². The maximum Gasteiger partial charge on any atom is 0.422 e. The Bertz CT molecular complexity index is 1080. The number of anilines is 1. The van der Waals surface area contributed by atoms with E-state index in [4.69, 9.17) is 4.74 Å². The molecular formula is C19H16F3N3O3. The molecule has 0 saturated carbocycles. The first-order valence-electron chi connectivity index (χ1n) is 8.40. The number of carbonyl (C=O) groups excluding carboxylic acids is 1. The minimum absolute atomic E-state index is 0.0114. The summed E-state index contributed by atoms with van der Waals surface area (Å²) in [6.07, 6.45) is -4.51. The maximum absolute atomic E-state index is 12.8. The average molecular weight is 391 g/mol. The number of halogens is 3. The quantitative estimate of drug-likeness (QED) is 0.721. The molecule has 3 aromatic rings. The molecule has 0 aliphatic heterocycles. The molecule has 146 valence electrons. The molecule has 1 heterocycles. The summed E-state index contributed by atoms with van der Waals surface area (Å²) in [5, 5.41) is 7.29. The van der Waals surface area contributed by atoms with Gasteiger partial charge >= 0.3 is 6.18 Å². The molecule has 0 radical (unpaired) electrons. The lowest BCUT2D eigenvalue weighted by Crippen LogP contribution is -2.27. The first-order chi connectivity index (χ1) is 13.3. The smallest absolute Gasteiger partial charge is 0.422 e. The van der Waals surface area contributed by atoms with Crippen molar-refractivity contribution in [2.24, 2.45) is 0 Å². The van der Waals surface area contributed by atoms with Gasteiger partial charge in [0.2, 0.25) is 0 Å². The summed E-state index contributed by atoms with van der Waals surface area (Å²) in [5.41, 5.74) is -0.275. The van der Waals surface area contributed by atoms with E-state index in [1.54, 1.807) is 37.3 Å². The van der Waals surface area contributed by atoms with Crippen LogP contribution in [0.1, 0.15) is 17.4 Å². The molecule has 0 aliphatic carbocycles. The Morgan fingerprint density at radius 3 is 2.43 bits per heavy atom. The monoisotopic (exact) mass is 391 g/mol. The number of hydrogen-bond acceptors (Lipinski definition) is 4. The summed E-state index contributed by atoms with van der Waals surface area (Å²) >= 11 is 0. The molecular weight excluding hydrogens is 375 g/mol. The van der Waals surface area contributed by atoms with Crippen LogP contribution in [0.3, 0.4) is 0 Å². The third-order valence-electron chi connectivity index (χ3n) is 3.91. The second-order valence-electron chi connectivity index (χ2n) is 5.87. The summed E-state index contributed by atoms with van der Waals surface area (Å²) in [7, 11) is 0. The largest absolute Gasteiger partial charge is 0.482 e. The summed E-state index contributed by atoms with van der Waals surface area (Å²) in [6.45, 7) is 0.488. The molecule has 6 nitrogen and oxygen atoms in total. The van der Waals surface area contributed by atoms with Gasteiger partial charge in [-0.1, -0.05) is 30.3 Å². The number of aryl methyl sites for hydroxylation is 1. The molecule has 0 saturated heterocycles. The Hall–Kier alpha value is -3.36. The fourth-order valence-corrected chi connectivity index (χ4v) is 2.65. The van der Waals surface area contributed by atoms with Crippen LogP contribution in [0, 0.1) is 0 Å². The number of benzene rings is 2. The Balaban J connectivity index is 1.97. The van der Waals surface area contributed by atoms with Gasteiger partial charge < -0.3 is 10.1 Å². The highest BCUT2D eigenvalue weighted by atomic mass is 19.4. The van der Waals surface area contributed by atoms with Crippen LogP contribution < -0.4 is 15.6 Å². The Labute approximate surface area is 157 Å². The van der Waals surface area contributed by atoms with Gasteiger partial charge in [-0.15, -0.1) is 0 Å². The van der Waals surface area contributed by atoms with E-state index in [1.807, 2.05) is 0 Å². The lowest BCUT2D eigenvalue weighted by Gasteiger charge is -2.14. The zero-order valence-corrected chi connectivity index (χ0v) is 14.8. The summed E-state index contributed by atoms with van der Waals surface area (Å²) < 4.78 is 43.3. The Morgan fingerprint density at radius 1 is 1.11 bits per heavy atom. The van der Waals surface area contributed by atoms with Crippen molar-refractivity contribution in [1.29, 1.82) is 0 Å². The molecule has 2 aromatic carbocycles. The van der Waals surface area contributed by atoms with Crippen LogP contribution in [0.5, 0.6) is 5.75 Å². The van der Waals surface area contributed by atoms with Crippen molar-refractivity contribution in [2.75, 3.05) is 11.9 Å². The highest BCUT2D eigenvalue weighted by molar-refractivity contribution is 6.11. The van der Waals surface area contributed by atoms with Crippen molar-refractivity contribution in [3.8, 4) is 5.75 Å². The number of nitrogens with zero attached hydrogens (tertiary/aromatic N) is 2. The zero-order valence-electron chi connectivity index (χ0n) is 14.8. The number of rotatable bonds is 5. The highest BCUT2D eigenvalue weighted by Crippen LogP contribution is 2.27. The number of nitrogens with one attached hydrogen (secondary N) is 1. The van der Waals surface area contributed by atoms with Crippen LogP contribution in [0.4, 0.5) is 18.9 Å². The van der Waals surface area contributed by atoms with E-state index in [0.29, 0.717) is 10.8 Å². The van der Waals surface area contributed by atoms with E-state index >= 15 is 0 Å². The van der Waals surface area contributed by atoms with Gasteiger partial charge in [0.15, 0.2) is 12.3 Å². The topological polar surface area (TPSA) is 73.2 Å². The van der Waals surface area contributed by atoms with Crippen LogP contribution in [0.15, 0.2) is 53.3 Å². The van der Waals surface area contributed by atoms with E-state index in [1.165, 1.54) is 18.2 Å². The summed E-state index contributed by atoms with van der Waals surface area (Å²) in [4.78, 5) is 25.2. The number of hydrogen-bond donors (Lipinski definition) is 1. The van der Waals surface area contributed by atoms with Crippen LogP contribution in [-0.4, -0.2) is 28.5 Å².